The summed E-state index contributed by atoms with van der Waals surface area (Å²) in [6.07, 6.45) is 0.184. The molecule has 0 fully saturated rings. The number of halogens is 1. The molecule has 0 saturated heterocycles. The summed E-state index contributed by atoms with van der Waals surface area (Å²) < 4.78 is 25.6. The Kier molecular flexibility index (Phi) is 7.07. The van der Waals surface area contributed by atoms with Gasteiger partial charge in [0, 0.05) is 36.1 Å². The van der Waals surface area contributed by atoms with E-state index in [4.69, 9.17) is 9.47 Å². The van der Waals surface area contributed by atoms with Crippen LogP contribution in [0.3, 0.4) is 0 Å². The number of esters is 1. The van der Waals surface area contributed by atoms with E-state index in [-0.39, 0.29) is 24.8 Å². The summed E-state index contributed by atoms with van der Waals surface area (Å²) in [6, 6.07) is 14.8. The maximum absolute atomic E-state index is 13.4. The fourth-order valence-electron chi connectivity index (χ4n) is 3.35. The first-order valence-electron chi connectivity index (χ1n) is 10.00. The number of nitrogens with zero attached hydrogens (tertiary/aromatic N) is 1. The van der Waals surface area contributed by atoms with Crippen molar-refractivity contribution in [2.45, 2.75) is 26.8 Å². The molecular weight excluding hydrogens is 399 g/mol. The lowest BCUT2D eigenvalue weighted by atomic mass is 10.1. The maximum atomic E-state index is 13.4. The fourth-order valence-corrected chi connectivity index (χ4v) is 3.35. The average Bonchev–Trinajstić information content (AvgIpc) is 3.09. The molecule has 0 atom stereocenters. The van der Waals surface area contributed by atoms with Gasteiger partial charge in [-0.1, -0.05) is 6.07 Å². The Balaban J connectivity index is 1.83. The summed E-state index contributed by atoms with van der Waals surface area (Å²) >= 11 is 0. The van der Waals surface area contributed by atoms with Gasteiger partial charge in [-0.2, -0.15) is 0 Å². The Hall–Kier alpha value is -3.61. The van der Waals surface area contributed by atoms with Gasteiger partial charge < -0.3 is 19.4 Å². The Labute approximate surface area is 180 Å². The molecule has 0 radical (unpaired) electrons. The lowest BCUT2D eigenvalue weighted by Crippen LogP contribution is -2.16. The number of hydrogen-bond acceptors (Lipinski definition) is 4. The normalized spacial score (nSPS) is 10.6. The van der Waals surface area contributed by atoms with Crippen LogP contribution in [-0.2, 0) is 16.1 Å². The van der Waals surface area contributed by atoms with Crippen LogP contribution in [0.2, 0.25) is 0 Å². The van der Waals surface area contributed by atoms with Crippen molar-refractivity contribution < 1.29 is 23.5 Å². The van der Waals surface area contributed by atoms with Gasteiger partial charge in [-0.15, -0.1) is 0 Å². The lowest BCUT2D eigenvalue weighted by Gasteiger charge is -2.13. The highest BCUT2D eigenvalue weighted by Gasteiger charge is 2.20. The van der Waals surface area contributed by atoms with Crippen molar-refractivity contribution in [3.05, 3.63) is 71.7 Å². The zero-order chi connectivity index (χ0) is 22.4. The molecule has 0 unspecified atom stereocenters. The molecule has 0 aliphatic rings. The predicted octanol–water partition coefficient (Wildman–Crippen LogP) is 4.82. The first kappa shape index (κ1) is 22.1. The number of amides is 1. The molecule has 31 heavy (non-hydrogen) atoms. The van der Waals surface area contributed by atoms with E-state index in [1.165, 1.54) is 12.1 Å². The molecule has 1 N–H and O–H groups in total. The van der Waals surface area contributed by atoms with E-state index in [0.717, 1.165) is 11.3 Å². The number of ether oxygens (including phenoxy) is 2. The highest BCUT2D eigenvalue weighted by atomic mass is 19.1. The van der Waals surface area contributed by atoms with Crippen LogP contribution in [0.15, 0.2) is 54.6 Å². The number of carbonyl (C=O) groups excluding carboxylic acids is 2. The van der Waals surface area contributed by atoms with E-state index in [9.17, 15) is 14.0 Å². The summed E-state index contributed by atoms with van der Waals surface area (Å²) in [7, 11) is 1.56. The van der Waals surface area contributed by atoms with Gasteiger partial charge in [0.1, 0.15) is 11.6 Å². The number of carbonyl (C=O) groups is 2. The van der Waals surface area contributed by atoms with Crippen molar-refractivity contribution >= 4 is 17.6 Å². The van der Waals surface area contributed by atoms with Crippen LogP contribution in [-0.4, -0.2) is 30.2 Å². The van der Waals surface area contributed by atoms with Crippen LogP contribution >= 0.6 is 0 Å². The molecule has 7 heteroatoms. The summed E-state index contributed by atoms with van der Waals surface area (Å²) in [5.41, 5.74) is 3.21. The zero-order valence-electron chi connectivity index (χ0n) is 17.8. The number of hydrogen-bond donors (Lipinski definition) is 1. The van der Waals surface area contributed by atoms with E-state index in [2.05, 4.69) is 5.32 Å². The van der Waals surface area contributed by atoms with Crippen molar-refractivity contribution in [2.24, 2.45) is 0 Å². The van der Waals surface area contributed by atoms with Gasteiger partial charge in [-0.3, -0.25) is 4.79 Å². The average molecular weight is 424 g/mol. The van der Waals surface area contributed by atoms with Crippen molar-refractivity contribution in [3.63, 3.8) is 0 Å². The number of benzene rings is 2. The molecule has 1 aromatic heterocycles. The van der Waals surface area contributed by atoms with E-state index >= 15 is 0 Å². The monoisotopic (exact) mass is 424 g/mol. The van der Waals surface area contributed by atoms with Gasteiger partial charge >= 0.3 is 5.97 Å². The minimum absolute atomic E-state index is 0.177. The molecule has 1 heterocycles. The van der Waals surface area contributed by atoms with E-state index < -0.39 is 5.97 Å². The number of rotatable bonds is 8. The molecule has 0 aliphatic carbocycles. The van der Waals surface area contributed by atoms with Crippen LogP contribution in [0.25, 0.3) is 11.3 Å². The van der Waals surface area contributed by atoms with E-state index in [1.54, 1.807) is 63.4 Å². The summed E-state index contributed by atoms with van der Waals surface area (Å²) in [5.74, 6) is -0.300. The third-order valence-corrected chi connectivity index (χ3v) is 4.92. The highest BCUT2D eigenvalue weighted by Crippen LogP contribution is 2.27. The first-order valence-corrected chi connectivity index (χ1v) is 10.00. The smallest absolute Gasteiger partial charge is 0.339 e. The Morgan fingerprint density at radius 3 is 2.52 bits per heavy atom. The Morgan fingerprint density at radius 1 is 1.10 bits per heavy atom. The first-order chi connectivity index (χ1) is 14.9. The minimum Gasteiger partial charge on any atom is -0.497 e. The SMILES string of the molecule is CCOC(=O)c1cc(-c2ccc(F)cc2)n(CCC(=O)Nc2cccc(OC)c2)c1C. The maximum Gasteiger partial charge on any atom is 0.339 e. The molecule has 3 rings (SSSR count). The standard InChI is InChI=1S/C24H25FN2O4/c1-4-31-24(29)21-15-22(17-8-10-18(25)11-9-17)27(16(21)2)13-12-23(28)26-19-6-5-7-20(14-19)30-3/h5-11,14-15H,4,12-13H2,1-3H3,(H,26,28). The molecule has 162 valence electrons. The van der Waals surface area contributed by atoms with Gasteiger partial charge in [-0.05, 0) is 61.9 Å². The molecule has 0 saturated carbocycles. The van der Waals surface area contributed by atoms with Gasteiger partial charge in [0.15, 0.2) is 0 Å². The Bertz CT molecular complexity index is 1070. The third-order valence-electron chi connectivity index (χ3n) is 4.92. The minimum atomic E-state index is -0.428. The van der Waals surface area contributed by atoms with Crippen molar-refractivity contribution in [3.8, 4) is 17.0 Å². The topological polar surface area (TPSA) is 69.6 Å². The van der Waals surface area contributed by atoms with Gasteiger partial charge in [0.05, 0.1) is 19.3 Å². The molecule has 3 aromatic rings. The number of methoxy groups -OCH3 is 1. The van der Waals surface area contributed by atoms with E-state index in [0.29, 0.717) is 29.2 Å². The molecule has 0 aliphatic heterocycles. The molecule has 0 spiro atoms. The molecule has 0 bridgehead atoms. The van der Waals surface area contributed by atoms with Crippen LogP contribution in [0.1, 0.15) is 29.4 Å². The zero-order valence-corrected chi connectivity index (χ0v) is 17.8. The summed E-state index contributed by atoms with van der Waals surface area (Å²) in [6.45, 7) is 4.15. The molecular formula is C24H25FN2O4. The summed E-state index contributed by atoms with van der Waals surface area (Å²) in [4.78, 5) is 24.9. The second kappa shape index (κ2) is 9.93. The Morgan fingerprint density at radius 2 is 1.84 bits per heavy atom. The number of anilines is 1. The van der Waals surface area contributed by atoms with Crippen LogP contribution in [0.5, 0.6) is 5.75 Å². The highest BCUT2D eigenvalue weighted by molar-refractivity contribution is 5.93. The van der Waals surface area contributed by atoms with Crippen LogP contribution < -0.4 is 10.1 Å². The van der Waals surface area contributed by atoms with Crippen LogP contribution in [0.4, 0.5) is 10.1 Å². The van der Waals surface area contributed by atoms with Crippen molar-refractivity contribution in [1.29, 1.82) is 0 Å². The second-order valence-electron chi connectivity index (χ2n) is 6.94. The van der Waals surface area contributed by atoms with Crippen molar-refractivity contribution in [1.82, 2.24) is 4.57 Å². The van der Waals surface area contributed by atoms with Crippen LogP contribution in [0, 0.1) is 12.7 Å². The van der Waals surface area contributed by atoms with Crippen molar-refractivity contribution in [2.75, 3.05) is 19.0 Å². The quantitative estimate of drug-likeness (QED) is 0.527. The molecule has 6 nitrogen and oxygen atoms in total. The largest absolute Gasteiger partial charge is 0.497 e. The predicted molar refractivity (Wildman–Crippen MR) is 117 cm³/mol. The van der Waals surface area contributed by atoms with Gasteiger partial charge in [-0.25, -0.2) is 9.18 Å². The molecule has 1 amide bonds. The molecule has 2 aromatic carbocycles. The summed E-state index contributed by atoms with van der Waals surface area (Å²) in [5, 5.41) is 2.85. The van der Waals surface area contributed by atoms with Gasteiger partial charge in [0.25, 0.3) is 0 Å². The van der Waals surface area contributed by atoms with E-state index in [1.807, 2.05) is 4.57 Å². The lowest BCUT2D eigenvalue weighted by molar-refractivity contribution is -0.116. The third kappa shape index (κ3) is 5.31. The van der Waals surface area contributed by atoms with Gasteiger partial charge in [0.2, 0.25) is 5.91 Å². The number of nitrogens with one attached hydrogen (secondary N) is 1. The second-order valence-corrected chi connectivity index (χ2v) is 6.94. The number of aromatic nitrogens is 1. The fraction of sp³-hybridized carbons (Fsp3) is 0.250.